The fourth-order valence-corrected chi connectivity index (χ4v) is 2.92. The van der Waals surface area contributed by atoms with E-state index in [1.807, 2.05) is 24.3 Å². The summed E-state index contributed by atoms with van der Waals surface area (Å²) < 4.78 is 5.95. The van der Waals surface area contributed by atoms with Crippen LogP contribution in [0.4, 0.5) is 0 Å². The third kappa shape index (κ3) is 1.83. The van der Waals surface area contributed by atoms with E-state index >= 15 is 0 Å². The third-order valence-electron chi connectivity index (χ3n) is 4.37. The van der Waals surface area contributed by atoms with Gasteiger partial charge in [-0.25, -0.2) is 4.98 Å². The first-order chi connectivity index (χ1) is 8.73. The molecule has 1 saturated carbocycles. The van der Waals surface area contributed by atoms with Gasteiger partial charge in [-0.1, -0.05) is 19.1 Å². The summed E-state index contributed by atoms with van der Waals surface area (Å²) in [7, 11) is 0. The Morgan fingerprint density at radius 3 is 2.72 bits per heavy atom. The van der Waals surface area contributed by atoms with Gasteiger partial charge in [0.1, 0.15) is 5.52 Å². The maximum atomic E-state index is 6.04. The number of rotatable bonds is 2. The minimum atomic E-state index is -0.0362. The van der Waals surface area contributed by atoms with Crippen LogP contribution in [0.1, 0.15) is 38.5 Å². The number of hydrogen-bond acceptors (Lipinski definition) is 3. The molecule has 0 spiro atoms. The number of nitrogens with two attached hydrogens (primary N) is 1. The van der Waals surface area contributed by atoms with Gasteiger partial charge < -0.3 is 10.2 Å². The van der Waals surface area contributed by atoms with Crippen molar-refractivity contribution in [3.63, 3.8) is 0 Å². The van der Waals surface area contributed by atoms with E-state index < -0.39 is 0 Å². The molecule has 0 amide bonds. The Kier molecular flexibility index (Phi) is 2.86. The van der Waals surface area contributed by atoms with Gasteiger partial charge in [-0.3, -0.25) is 0 Å². The van der Waals surface area contributed by atoms with Crippen LogP contribution in [-0.2, 0) is 5.41 Å². The summed E-state index contributed by atoms with van der Waals surface area (Å²) in [5.74, 6) is 1.65. The van der Waals surface area contributed by atoms with Crippen LogP contribution in [-0.4, -0.2) is 11.5 Å². The third-order valence-corrected chi connectivity index (χ3v) is 4.37. The van der Waals surface area contributed by atoms with E-state index in [0.717, 1.165) is 35.7 Å². The highest BCUT2D eigenvalue weighted by atomic mass is 16.3. The summed E-state index contributed by atoms with van der Waals surface area (Å²) in [6.07, 6.45) is 4.63. The molecule has 3 nitrogen and oxygen atoms in total. The monoisotopic (exact) mass is 244 g/mol. The molecule has 0 atom stereocenters. The summed E-state index contributed by atoms with van der Waals surface area (Å²) >= 11 is 0. The van der Waals surface area contributed by atoms with Crippen LogP contribution in [0.5, 0.6) is 0 Å². The molecule has 2 aromatic rings. The fraction of sp³-hybridized carbons (Fsp3) is 0.533. The van der Waals surface area contributed by atoms with Crippen LogP contribution in [0.15, 0.2) is 28.7 Å². The normalized spacial score (nSPS) is 28.7. The van der Waals surface area contributed by atoms with Gasteiger partial charge in [0.15, 0.2) is 5.58 Å². The zero-order valence-corrected chi connectivity index (χ0v) is 10.9. The number of benzene rings is 1. The molecule has 1 aliphatic rings. The van der Waals surface area contributed by atoms with E-state index in [0.29, 0.717) is 6.54 Å². The van der Waals surface area contributed by atoms with Crippen LogP contribution in [0.3, 0.4) is 0 Å². The van der Waals surface area contributed by atoms with Crippen LogP contribution in [0.2, 0.25) is 0 Å². The number of fused-ring (bicyclic) bond motifs is 1. The molecule has 0 aliphatic heterocycles. The van der Waals surface area contributed by atoms with Crippen molar-refractivity contribution in [2.75, 3.05) is 6.54 Å². The highest BCUT2D eigenvalue weighted by Gasteiger charge is 2.38. The zero-order valence-electron chi connectivity index (χ0n) is 10.9. The number of para-hydroxylation sites is 2. The first-order valence-electron chi connectivity index (χ1n) is 6.80. The molecule has 1 aliphatic carbocycles. The summed E-state index contributed by atoms with van der Waals surface area (Å²) in [5.41, 5.74) is 7.82. The first-order valence-corrected chi connectivity index (χ1v) is 6.80. The van der Waals surface area contributed by atoms with Gasteiger partial charge in [-0.2, -0.15) is 0 Å². The Labute approximate surface area is 107 Å². The molecule has 1 aromatic heterocycles. The van der Waals surface area contributed by atoms with Crippen molar-refractivity contribution in [1.29, 1.82) is 0 Å². The molecule has 0 saturated heterocycles. The molecule has 1 fully saturated rings. The lowest BCUT2D eigenvalue weighted by Crippen LogP contribution is -2.38. The lowest BCUT2D eigenvalue weighted by atomic mass is 9.71. The van der Waals surface area contributed by atoms with E-state index in [2.05, 4.69) is 11.9 Å². The molecule has 1 aromatic carbocycles. The smallest absolute Gasteiger partial charge is 0.202 e. The second-order valence-electron chi connectivity index (χ2n) is 5.65. The van der Waals surface area contributed by atoms with E-state index in [4.69, 9.17) is 10.2 Å². The van der Waals surface area contributed by atoms with E-state index in [9.17, 15) is 0 Å². The molecule has 3 rings (SSSR count). The fourth-order valence-electron chi connectivity index (χ4n) is 2.92. The van der Waals surface area contributed by atoms with Gasteiger partial charge in [0.05, 0.1) is 5.41 Å². The Morgan fingerprint density at radius 2 is 2.06 bits per heavy atom. The number of aromatic nitrogens is 1. The van der Waals surface area contributed by atoms with Crippen LogP contribution < -0.4 is 5.73 Å². The largest absolute Gasteiger partial charge is 0.440 e. The first kappa shape index (κ1) is 11.7. The maximum absolute atomic E-state index is 6.04. The molecule has 3 heteroatoms. The molecule has 2 N–H and O–H groups in total. The summed E-state index contributed by atoms with van der Waals surface area (Å²) in [4.78, 5) is 4.66. The van der Waals surface area contributed by atoms with E-state index in [1.165, 1.54) is 12.8 Å². The molecular weight excluding hydrogens is 224 g/mol. The van der Waals surface area contributed by atoms with Crippen molar-refractivity contribution >= 4 is 11.1 Å². The average Bonchev–Trinajstić information content (AvgIpc) is 2.84. The quantitative estimate of drug-likeness (QED) is 0.882. The molecule has 1 heterocycles. The second-order valence-corrected chi connectivity index (χ2v) is 5.65. The van der Waals surface area contributed by atoms with Gasteiger partial charge >= 0.3 is 0 Å². The number of hydrogen-bond donors (Lipinski definition) is 1. The van der Waals surface area contributed by atoms with Crippen LogP contribution in [0, 0.1) is 5.92 Å². The summed E-state index contributed by atoms with van der Waals surface area (Å²) in [6, 6.07) is 7.95. The van der Waals surface area contributed by atoms with Gasteiger partial charge in [0, 0.05) is 6.54 Å². The van der Waals surface area contributed by atoms with Gasteiger partial charge in [-0.05, 0) is 43.7 Å². The van der Waals surface area contributed by atoms with Crippen molar-refractivity contribution in [1.82, 2.24) is 4.98 Å². The highest BCUT2D eigenvalue weighted by molar-refractivity contribution is 5.72. The van der Waals surface area contributed by atoms with E-state index in [-0.39, 0.29) is 5.41 Å². The molecule has 0 bridgehead atoms. The summed E-state index contributed by atoms with van der Waals surface area (Å²) in [5, 5.41) is 0. The topological polar surface area (TPSA) is 52.0 Å². The molecule has 0 unspecified atom stereocenters. The van der Waals surface area contributed by atoms with Crippen LogP contribution in [0.25, 0.3) is 11.1 Å². The predicted molar refractivity (Wildman–Crippen MR) is 72.4 cm³/mol. The second kappa shape index (κ2) is 4.39. The van der Waals surface area contributed by atoms with Crippen molar-refractivity contribution < 1.29 is 4.42 Å². The Morgan fingerprint density at radius 1 is 1.33 bits per heavy atom. The van der Waals surface area contributed by atoms with Crippen molar-refractivity contribution in [2.24, 2.45) is 11.7 Å². The lowest BCUT2D eigenvalue weighted by Gasteiger charge is -2.35. The molecule has 0 radical (unpaired) electrons. The average molecular weight is 244 g/mol. The highest BCUT2D eigenvalue weighted by Crippen LogP contribution is 2.41. The Balaban J connectivity index is 2.00. The van der Waals surface area contributed by atoms with Crippen molar-refractivity contribution in [2.45, 2.75) is 38.0 Å². The minimum absolute atomic E-state index is 0.0362. The molecule has 18 heavy (non-hydrogen) atoms. The zero-order chi connectivity index (χ0) is 12.6. The van der Waals surface area contributed by atoms with Gasteiger partial charge in [-0.15, -0.1) is 0 Å². The standard InChI is InChI=1S/C15H20N2O/c1-11-6-8-15(10-16,9-7-11)14-17-12-4-2-3-5-13(12)18-14/h2-5,11H,6-10,16H2,1H3. The van der Waals surface area contributed by atoms with E-state index in [1.54, 1.807) is 0 Å². The number of nitrogens with zero attached hydrogens (tertiary/aromatic N) is 1. The maximum Gasteiger partial charge on any atom is 0.202 e. The number of oxazole rings is 1. The summed E-state index contributed by atoms with van der Waals surface area (Å²) in [6.45, 7) is 2.94. The van der Waals surface area contributed by atoms with Gasteiger partial charge in [0.2, 0.25) is 5.89 Å². The van der Waals surface area contributed by atoms with Gasteiger partial charge in [0.25, 0.3) is 0 Å². The Hall–Kier alpha value is -1.35. The minimum Gasteiger partial charge on any atom is -0.440 e. The SMILES string of the molecule is CC1CCC(CN)(c2nc3ccccc3o2)CC1. The van der Waals surface area contributed by atoms with Crippen molar-refractivity contribution in [3.8, 4) is 0 Å². The predicted octanol–water partition coefficient (Wildman–Crippen LogP) is 3.23. The van der Waals surface area contributed by atoms with Crippen molar-refractivity contribution in [3.05, 3.63) is 30.2 Å². The lowest BCUT2D eigenvalue weighted by molar-refractivity contribution is 0.210. The molecular formula is C15H20N2O. The van der Waals surface area contributed by atoms with Crippen LogP contribution >= 0.6 is 0 Å². The Bertz CT molecular complexity index is 505. The molecule has 96 valence electrons.